The van der Waals surface area contributed by atoms with Gasteiger partial charge in [0, 0.05) is 13.0 Å². The predicted molar refractivity (Wildman–Crippen MR) is 30.4 cm³/mol. The zero-order valence-electron chi connectivity index (χ0n) is 5.05. The lowest BCUT2D eigenvalue weighted by atomic mass is 10.0. The van der Waals surface area contributed by atoms with E-state index in [1.807, 2.05) is 0 Å². The van der Waals surface area contributed by atoms with Crippen LogP contribution in [0.15, 0.2) is 0 Å². The van der Waals surface area contributed by atoms with Crippen molar-refractivity contribution in [1.29, 1.82) is 0 Å². The number of amides is 1. The second-order valence-corrected chi connectivity index (χ2v) is 2.37. The predicted octanol–water partition coefficient (Wildman–Crippen LogP) is 0.547. The molecule has 0 aromatic heterocycles. The highest BCUT2D eigenvalue weighted by Crippen LogP contribution is 2.10. The van der Waals surface area contributed by atoms with Crippen molar-refractivity contribution in [3.05, 3.63) is 0 Å². The van der Waals surface area contributed by atoms with Crippen molar-refractivity contribution in [2.75, 3.05) is 6.54 Å². The maximum absolute atomic E-state index is 10.5. The molecule has 1 fully saturated rings. The molecule has 1 saturated heterocycles. The van der Waals surface area contributed by atoms with Gasteiger partial charge in [-0.1, -0.05) is 6.92 Å². The summed E-state index contributed by atoms with van der Waals surface area (Å²) in [7, 11) is 0. The topological polar surface area (TPSA) is 31.2 Å². The summed E-state index contributed by atoms with van der Waals surface area (Å²) >= 11 is 0. The van der Waals surface area contributed by atoms with Gasteiger partial charge in [0.15, 0.2) is 0 Å². The van der Waals surface area contributed by atoms with E-state index in [4.69, 9.17) is 0 Å². The van der Waals surface area contributed by atoms with Crippen LogP contribution in [0, 0.1) is 5.92 Å². The fourth-order valence-electron chi connectivity index (χ4n) is 0.874. The molecule has 8 heavy (non-hydrogen) atoms. The molecule has 0 saturated carbocycles. The third-order valence-electron chi connectivity index (χ3n) is 1.43. The number of carbonyl (C=O) groups excluding carboxylic acids is 1. The molecule has 45 valence electrons. The smallest absolute Gasteiger partial charge is 0.241 e. The number of rotatable bonds is 0. The van der Waals surface area contributed by atoms with E-state index in [2.05, 4.69) is 12.2 Å². The van der Waals surface area contributed by atoms with E-state index in [1.54, 1.807) is 0 Å². The molecule has 1 heterocycles. The number of hydrogen-bond donors (Lipinski definition) is 0. The molecule has 1 aliphatic rings. The van der Waals surface area contributed by atoms with E-state index in [9.17, 15) is 4.79 Å². The molecule has 2 heteroatoms. The summed E-state index contributed by atoms with van der Waals surface area (Å²) in [6.07, 6.45) is 1.76. The van der Waals surface area contributed by atoms with Gasteiger partial charge < -0.3 is 0 Å². The molecule has 1 radical (unpaired) electrons. The number of piperidine rings is 1. The first kappa shape index (κ1) is 5.60. The molecule has 1 aliphatic heterocycles. The molecule has 0 aromatic rings. The Labute approximate surface area is 49.3 Å². The molecule has 0 N–H and O–H groups in total. The molecule has 2 nitrogen and oxygen atoms in total. The first-order valence-electron chi connectivity index (χ1n) is 2.99. The number of hydrogen-bond acceptors (Lipinski definition) is 1. The molecule has 1 atom stereocenters. The maximum Gasteiger partial charge on any atom is 0.241 e. The summed E-state index contributed by atoms with van der Waals surface area (Å²) in [5.74, 6) is 0.656. The zero-order chi connectivity index (χ0) is 5.98. The summed E-state index contributed by atoms with van der Waals surface area (Å²) in [6, 6.07) is 0. The Hall–Kier alpha value is -0.530. The van der Waals surface area contributed by atoms with Gasteiger partial charge in [-0.25, -0.2) is 0 Å². The Bertz CT molecular complexity index is 101. The largest absolute Gasteiger partial charge is 0.273 e. The second kappa shape index (κ2) is 2.16. The van der Waals surface area contributed by atoms with Crippen LogP contribution in [0.2, 0.25) is 0 Å². The standard InChI is InChI=1S/C6H10NO/c1-5-2-3-7-6(8)4-5/h5H,2-4H2,1H3. The number of nitrogens with zero attached hydrogens (tertiary/aromatic N) is 1. The van der Waals surface area contributed by atoms with Crippen molar-refractivity contribution in [3.8, 4) is 0 Å². The van der Waals surface area contributed by atoms with Gasteiger partial charge in [-0.2, -0.15) is 0 Å². The van der Waals surface area contributed by atoms with E-state index in [0.29, 0.717) is 12.3 Å². The van der Waals surface area contributed by atoms with E-state index in [-0.39, 0.29) is 5.91 Å². The lowest BCUT2D eigenvalue weighted by Gasteiger charge is -2.14. The molecule has 0 bridgehead atoms. The van der Waals surface area contributed by atoms with Gasteiger partial charge in [0.2, 0.25) is 5.91 Å². The van der Waals surface area contributed by atoms with E-state index in [0.717, 1.165) is 13.0 Å². The third-order valence-corrected chi connectivity index (χ3v) is 1.43. The lowest BCUT2D eigenvalue weighted by molar-refractivity contribution is -0.123. The molecule has 1 amide bonds. The van der Waals surface area contributed by atoms with Crippen molar-refractivity contribution in [3.63, 3.8) is 0 Å². The highest BCUT2D eigenvalue weighted by atomic mass is 16.1. The minimum absolute atomic E-state index is 0.0868. The summed E-state index contributed by atoms with van der Waals surface area (Å²) in [5, 5.41) is 3.74. The van der Waals surface area contributed by atoms with E-state index < -0.39 is 0 Å². The molecular weight excluding hydrogens is 102 g/mol. The van der Waals surface area contributed by atoms with Gasteiger partial charge in [-0.05, 0) is 12.3 Å². The number of carbonyl (C=O) groups is 1. The highest BCUT2D eigenvalue weighted by Gasteiger charge is 2.14. The summed E-state index contributed by atoms with van der Waals surface area (Å²) < 4.78 is 0. The zero-order valence-corrected chi connectivity index (χ0v) is 5.05. The van der Waals surface area contributed by atoms with Gasteiger partial charge in [0.25, 0.3) is 0 Å². The minimum Gasteiger partial charge on any atom is -0.273 e. The average molecular weight is 112 g/mol. The Kier molecular flexibility index (Phi) is 1.51. The van der Waals surface area contributed by atoms with Crippen LogP contribution in [0.3, 0.4) is 0 Å². The van der Waals surface area contributed by atoms with Gasteiger partial charge >= 0.3 is 0 Å². The van der Waals surface area contributed by atoms with Crippen LogP contribution < -0.4 is 5.32 Å². The second-order valence-electron chi connectivity index (χ2n) is 2.37. The summed E-state index contributed by atoms with van der Waals surface area (Å²) in [6.45, 7) is 2.84. The van der Waals surface area contributed by atoms with Crippen molar-refractivity contribution in [2.24, 2.45) is 5.92 Å². The van der Waals surface area contributed by atoms with Crippen LogP contribution >= 0.6 is 0 Å². The van der Waals surface area contributed by atoms with Crippen LogP contribution in [0.5, 0.6) is 0 Å². The van der Waals surface area contributed by atoms with Crippen LogP contribution in [0.1, 0.15) is 19.8 Å². The van der Waals surface area contributed by atoms with Gasteiger partial charge in [0.05, 0.1) is 0 Å². The van der Waals surface area contributed by atoms with E-state index in [1.165, 1.54) is 0 Å². The summed E-state index contributed by atoms with van der Waals surface area (Å²) in [5.41, 5.74) is 0. The fraction of sp³-hybridized carbons (Fsp3) is 0.833. The van der Waals surface area contributed by atoms with Crippen LogP contribution in [0.25, 0.3) is 0 Å². The lowest BCUT2D eigenvalue weighted by Crippen LogP contribution is -2.26. The molecule has 1 rings (SSSR count). The van der Waals surface area contributed by atoms with Crippen molar-refractivity contribution in [1.82, 2.24) is 5.32 Å². The first-order valence-corrected chi connectivity index (χ1v) is 2.99. The fourth-order valence-corrected chi connectivity index (χ4v) is 0.874. The highest BCUT2D eigenvalue weighted by molar-refractivity contribution is 5.76. The quantitative estimate of drug-likeness (QED) is 0.450. The van der Waals surface area contributed by atoms with Gasteiger partial charge in [-0.15, -0.1) is 0 Å². The molecular formula is C6H10NO. The molecule has 0 aliphatic carbocycles. The Morgan fingerprint density at radius 3 is 2.88 bits per heavy atom. The molecule has 0 aromatic carbocycles. The molecule has 1 unspecified atom stereocenters. The Balaban J connectivity index is 2.34. The Morgan fingerprint density at radius 1 is 1.75 bits per heavy atom. The Morgan fingerprint density at radius 2 is 2.50 bits per heavy atom. The van der Waals surface area contributed by atoms with Crippen LogP contribution in [0.4, 0.5) is 0 Å². The molecule has 0 spiro atoms. The summed E-state index contributed by atoms with van der Waals surface area (Å²) in [4.78, 5) is 10.5. The van der Waals surface area contributed by atoms with Crippen molar-refractivity contribution in [2.45, 2.75) is 19.8 Å². The maximum atomic E-state index is 10.5. The van der Waals surface area contributed by atoms with E-state index >= 15 is 0 Å². The van der Waals surface area contributed by atoms with Crippen molar-refractivity contribution >= 4 is 5.91 Å². The SMILES string of the molecule is CC1CC[N]C(=O)C1. The first-order chi connectivity index (χ1) is 3.79. The monoisotopic (exact) mass is 112 g/mol. The average Bonchev–Trinajstić information content (AvgIpc) is 1.64. The minimum atomic E-state index is 0.0868. The van der Waals surface area contributed by atoms with Crippen molar-refractivity contribution < 1.29 is 4.79 Å². The van der Waals surface area contributed by atoms with Crippen LogP contribution in [-0.4, -0.2) is 12.5 Å². The van der Waals surface area contributed by atoms with Gasteiger partial charge in [0.1, 0.15) is 0 Å². The van der Waals surface area contributed by atoms with Gasteiger partial charge in [-0.3, -0.25) is 10.1 Å². The third kappa shape index (κ3) is 1.22. The normalized spacial score (nSPS) is 29.6. The van der Waals surface area contributed by atoms with Crippen LogP contribution in [-0.2, 0) is 4.79 Å².